The lowest BCUT2D eigenvalue weighted by Gasteiger charge is -2.38. The Bertz CT molecular complexity index is 1350. The summed E-state index contributed by atoms with van der Waals surface area (Å²) in [6.07, 6.45) is 2.02. The molecule has 0 aromatic heterocycles. The maximum atomic E-state index is 13.6. The Labute approximate surface area is 245 Å². The topological polar surface area (TPSA) is 98.9 Å². The molecular formula is C33H44N2O5S. The molecular weight excluding hydrogens is 536 g/mol. The lowest BCUT2D eigenvalue weighted by atomic mass is 9.95. The van der Waals surface area contributed by atoms with Gasteiger partial charge in [-0.1, -0.05) is 67.9 Å². The third kappa shape index (κ3) is 7.97. The highest BCUT2D eigenvalue weighted by molar-refractivity contribution is 7.93. The average molecular weight is 581 g/mol. The Morgan fingerprint density at radius 1 is 0.927 bits per heavy atom. The van der Waals surface area contributed by atoms with Gasteiger partial charge < -0.3 is 20.1 Å². The molecule has 1 aliphatic heterocycles. The van der Waals surface area contributed by atoms with E-state index < -0.39 is 20.5 Å². The lowest BCUT2D eigenvalue weighted by molar-refractivity contribution is -0.121. The van der Waals surface area contributed by atoms with E-state index >= 15 is 0 Å². The van der Waals surface area contributed by atoms with Crippen LogP contribution < -0.4 is 10.5 Å². The molecule has 1 saturated heterocycles. The van der Waals surface area contributed by atoms with Crippen LogP contribution in [0.15, 0.2) is 77.7 Å². The molecule has 3 aromatic carbocycles. The highest BCUT2D eigenvalue weighted by atomic mass is 32.2. The van der Waals surface area contributed by atoms with Gasteiger partial charge in [0.2, 0.25) is 5.91 Å². The second-order valence-electron chi connectivity index (χ2n) is 10.2. The number of nitrogens with two attached hydrogens (primary N) is 1. The van der Waals surface area contributed by atoms with E-state index in [0.29, 0.717) is 38.6 Å². The molecule has 222 valence electrons. The SMILES string of the molecule is CC.COCCN1CCC(C(N)=O)(S(=O)(=O)c2ccc(OCCCc3cccc(-c4ccc(C)cc4)c3)cc2)CC1. The minimum atomic E-state index is -3.96. The molecule has 7 nitrogen and oxygen atoms in total. The number of aryl methyl sites for hydroxylation is 2. The Kier molecular flexibility index (Phi) is 11.9. The maximum Gasteiger partial charge on any atom is 0.239 e. The van der Waals surface area contributed by atoms with Gasteiger partial charge in [0, 0.05) is 26.7 Å². The molecule has 1 amide bonds. The first-order valence-corrected chi connectivity index (χ1v) is 15.9. The fourth-order valence-electron chi connectivity index (χ4n) is 5.07. The van der Waals surface area contributed by atoms with Crippen LogP contribution in [0.4, 0.5) is 0 Å². The largest absolute Gasteiger partial charge is 0.494 e. The molecule has 4 rings (SSSR count). The third-order valence-corrected chi connectivity index (χ3v) is 10.1. The minimum Gasteiger partial charge on any atom is -0.494 e. The van der Waals surface area contributed by atoms with Crippen molar-refractivity contribution in [3.63, 3.8) is 0 Å². The highest BCUT2D eigenvalue weighted by Gasteiger charge is 2.51. The van der Waals surface area contributed by atoms with Crippen molar-refractivity contribution in [2.75, 3.05) is 40.0 Å². The second-order valence-corrected chi connectivity index (χ2v) is 12.4. The Hall–Kier alpha value is -3.20. The van der Waals surface area contributed by atoms with Crippen molar-refractivity contribution in [3.8, 4) is 16.9 Å². The monoisotopic (exact) mass is 580 g/mol. The highest BCUT2D eigenvalue weighted by Crippen LogP contribution is 2.36. The van der Waals surface area contributed by atoms with Crippen molar-refractivity contribution in [1.29, 1.82) is 0 Å². The summed E-state index contributed by atoms with van der Waals surface area (Å²) >= 11 is 0. The van der Waals surface area contributed by atoms with Gasteiger partial charge in [-0.05, 0) is 73.6 Å². The first-order valence-electron chi connectivity index (χ1n) is 14.4. The van der Waals surface area contributed by atoms with Crippen molar-refractivity contribution in [2.45, 2.75) is 56.1 Å². The van der Waals surface area contributed by atoms with Crippen LogP contribution in [0.5, 0.6) is 5.75 Å². The molecule has 0 aliphatic carbocycles. The number of piperidine rings is 1. The number of primary amides is 1. The molecule has 1 heterocycles. The van der Waals surface area contributed by atoms with Crippen LogP contribution in [0, 0.1) is 6.92 Å². The number of nitrogens with zero attached hydrogens (tertiary/aromatic N) is 1. The molecule has 2 N–H and O–H groups in total. The predicted molar refractivity (Wildman–Crippen MR) is 165 cm³/mol. The van der Waals surface area contributed by atoms with E-state index in [1.54, 1.807) is 19.2 Å². The molecule has 1 fully saturated rings. The minimum absolute atomic E-state index is 0.0897. The number of ether oxygens (including phenoxy) is 2. The fourth-order valence-corrected chi connectivity index (χ4v) is 7.00. The number of carbonyl (C=O) groups is 1. The number of likely N-dealkylation sites (tertiary alicyclic amines) is 1. The first-order chi connectivity index (χ1) is 19.7. The quantitative estimate of drug-likeness (QED) is 0.287. The summed E-state index contributed by atoms with van der Waals surface area (Å²) in [5.41, 5.74) is 10.6. The number of hydrogen-bond donors (Lipinski definition) is 1. The Morgan fingerprint density at radius 2 is 1.59 bits per heavy atom. The second kappa shape index (κ2) is 15.1. The van der Waals surface area contributed by atoms with E-state index in [-0.39, 0.29) is 17.7 Å². The molecule has 0 spiro atoms. The number of hydrogen-bond acceptors (Lipinski definition) is 6. The zero-order valence-corrected chi connectivity index (χ0v) is 25.6. The summed E-state index contributed by atoms with van der Waals surface area (Å²) < 4.78 is 36.5. The van der Waals surface area contributed by atoms with E-state index in [2.05, 4.69) is 60.4 Å². The molecule has 0 radical (unpaired) electrons. The zero-order valence-electron chi connectivity index (χ0n) is 24.8. The average Bonchev–Trinajstić information content (AvgIpc) is 3.00. The molecule has 0 unspecified atom stereocenters. The van der Waals surface area contributed by atoms with Gasteiger partial charge in [0.15, 0.2) is 14.6 Å². The van der Waals surface area contributed by atoms with Crippen LogP contribution in [0.3, 0.4) is 0 Å². The fraction of sp³-hybridized carbons (Fsp3) is 0.424. The van der Waals surface area contributed by atoms with E-state index in [9.17, 15) is 13.2 Å². The van der Waals surface area contributed by atoms with Gasteiger partial charge in [-0.2, -0.15) is 0 Å². The molecule has 41 heavy (non-hydrogen) atoms. The Balaban J connectivity index is 0.00000226. The van der Waals surface area contributed by atoms with Gasteiger partial charge in [0.25, 0.3) is 0 Å². The number of methoxy groups -OCH3 is 1. The maximum absolute atomic E-state index is 13.6. The van der Waals surface area contributed by atoms with Crippen molar-refractivity contribution < 1.29 is 22.7 Å². The Morgan fingerprint density at radius 3 is 2.20 bits per heavy atom. The standard InChI is InChI=1S/C31H38N2O5S.C2H6/c1-24-8-10-26(11-9-24)27-7-3-5-25(23-27)6-4-21-38-28-12-14-29(15-13-28)39(35,36)31(30(32)34)16-18-33(19-17-31)20-22-37-2;1-2/h3,5,7-15,23H,4,6,16-22H2,1-2H3,(H2,32,34);1-2H3. The van der Waals surface area contributed by atoms with Crippen LogP contribution in [0.1, 0.15) is 44.2 Å². The summed E-state index contributed by atoms with van der Waals surface area (Å²) in [4.78, 5) is 14.6. The van der Waals surface area contributed by atoms with Gasteiger partial charge in [-0.3, -0.25) is 4.79 Å². The van der Waals surface area contributed by atoms with Gasteiger partial charge in [0.05, 0.1) is 18.1 Å². The molecule has 0 bridgehead atoms. The summed E-state index contributed by atoms with van der Waals surface area (Å²) in [5, 5.41) is 0. The third-order valence-electron chi connectivity index (χ3n) is 7.56. The molecule has 0 saturated carbocycles. The zero-order chi connectivity index (χ0) is 29.9. The number of rotatable bonds is 12. The molecule has 0 atom stereocenters. The van der Waals surface area contributed by atoms with Gasteiger partial charge in [-0.15, -0.1) is 0 Å². The van der Waals surface area contributed by atoms with E-state index in [4.69, 9.17) is 15.2 Å². The van der Waals surface area contributed by atoms with E-state index in [0.717, 1.165) is 12.8 Å². The first kappa shape index (κ1) is 32.3. The van der Waals surface area contributed by atoms with Crippen LogP contribution in [-0.4, -0.2) is 63.9 Å². The summed E-state index contributed by atoms with van der Waals surface area (Å²) in [7, 11) is -2.34. The number of sulfone groups is 1. The van der Waals surface area contributed by atoms with Crippen molar-refractivity contribution in [2.24, 2.45) is 5.73 Å². The van der Waals surface area contributed by atoms with Gasteiger partial charge in [-0.25, -0.2) is 8.42 Å². The van der Waals surface area contributed by atoms with Gasteiger partial charge >= 0.3 is 0 Å². The van der Waals surface area contributed by atoms with Crippen molar-refractivity contribution in [3.05, 3.63) is 83.9 Å². The summed E-state index contributed by atoms with van der Waals surface area (Å²) in [5.74, 6) is -0.203. The van der Waals surface area contributed by atoms with Crippen LogP contribution in [-0.2, 0) is 25.8 Å². The number of carbonyl (C=O) groups excluding carboxylic acids is 1. The van der Waals surface area contributed by atoms with Crippen molar-refractivity contribution >= 4 is 15.7 Å². The smallest absolute Gasteiger partial charge is 0.239 e. The number of benzene rings is 3. The van der Waals surface area contributed by atoms with Gasteiger partial charge in [0.1, 0.15) is 5.75 Å². The molecule has 3 aromatic rings. The predicted octanol–water partition coefficient (Wildman–Crippen LogP) is 5.44. The lowest BCUT2D eigenvalue weighted by Crippen LogP contribution is -2.57. The summed E-state index contributed by atoms with van der Waals surface area (Å²) in [6.45, 7) is 8.77. The van der Waals surface area contributed by atoms with Crippen LogP contribution in [0.2, 0.25) is 0 Å². The summed E-state index contributed by atoms with van der Waals surface area (Å²) in [6, 6.07) is 23.3. The number of amides is 1. The van der Waals surface area contributed by atoms with Crippen LogP contribution in [0.25, 0.3) is 11.1 Å². The molecule has 1 aliphatic rings. The van der Waals surface area contributed by atoms with Crippen LogP contribution >= 0.6 is 0 Å². The molecule has 8 heteroatoms. The van der Waals surface area contributed by atoms with Crippen molar-refractivity contribution in [1.82, 2.24) is 4.90 Å². The van der Waals surface area contributed by atoms with E-state index in [1.807, 2.05) is 13.8 Å². The normalized spacial score (nSPS) is 15.0. The van der Waals surface area contributed by atoms with E-state index in [1.165, 1.54) is 34.4 Å².